The fourth-order valence-electron chi connectivity index (χ4n) is 3.26. The van der Waals surface area contributed by atoms with Crippen molar-refractivity contribution in [3.05, 3.63) is 41.4 Å². The van der Waals surface area contributed by atoms with Crippen molar-refractivity contribution >= 4 is 28.9 Å². The molecule has 0 saturated carbocycles. The average molecular weight is 361 g/mol. The summed E-state index contributed by atoms with van der Waals surface area (Å²) in [6, 6.07) is 5.76. The third kappa shape index (κ3) is 4.34. The second kappa shape index (κ2) is 7.91. The van der Waals surface area contributed by atoms with Crippen LogP contribution in [0.2, 0.25) is 5.02 Å². The Morgan fingerprint density at radius 2 is 2.08 bits per heavy atom. The fourth-order valence-corrected chi connectivity index (χ4v) is 3.56. The first kappa shape index (κ1) is 17.8. The van der Waals surface area contributed by atoms with Crippen LogP contribution in [0.15, 0.2) is 30.6 Å². The van der Waals surface area contributed by atoms with Crippen molar-refractivity contribution in [3.8, 4) is 0 Å². The molecular weight excluding hydrogens is 336 g/mol. The van der Waals surface area contributed by atoms with Gasteiger partial charge in [0.25, 0.3) is 0 Å². The number of imidazole rings is 1. The van der Waals surface area contributed by atoms with Gasteiger partial charge >= 0.3 is 0 Å². The minimum Gasteiger partial charge on any atom is -0.370 e. The highest BCUT2D eigenvalue weighted by atomic mass is 35.5. The maximum atomic E-state index is 12.2. The fraction of sp³-hybridized carbons (Fsp3) is 0.474. The summed E-state index contributed by atoms with van der Waals surface area (Å²) in [6.45, 7) is 6.92. The molecule has 1 N–H and O–H groups in total. The van der Waals surface area contributed by atoms with E-state index in [0.717, 1.165) is 30.3 Å². The molecular formula is C19H25ClN4O. The molecule has 0 atom stereocenters. The Bertz CT molecular complexity index is 735. The zero-order valence-corrected chi connectivity index (χ0v) is 15.6. The van der Waals surface area contributed by atoms with Crippen LogP contribution >= 0.6 is 11.6 Å². The molecule has 0 bridgehead atoms. The van der Waals surface area contributed by atoms with Gasteiger partial charge < -0.3 is 14.8 Å². The summed E-state index contributed by atoms with van der Waals surface area (Å²) in [5.41, 5.74) is 1.80. The number of carbonyl (C=O) groups is 1. The van der Waals surface area contributed by atoms with Crippen LogP contribution in [0.1, 0.15) is 44.9 Å². The monoisotopic (exact) mass is 360 g/mol. The van der Waals surface area contributed by atoms with Gasteiger partial charge in [0.15, 0.2) is 0 Å². The van der Waals surface area contributed by atoms with Crippen LogP contribution in [-0.4, -0.2) is 28.5 Å². The number of aryl methyl sites for hydroxylation is 1. The van der Waals surface area contributed by atoms with Gasteiger partial charge in [-0.25, -0.2) is 4.98 Å². The molecule has 0 spiro atoms. The van der Waals surface area contributed by atoms with Crippen LogP contribution in [0.3, 0.4) is 0 Å². The molecule has 25 heavy (non-hydrogen) atoms. The Labute approximate surface area is 154 Å². The van der Waals surface area contributed by atoms with Gasteiger partial charge in [-0.05, 0) is 31.0 Å². The van der Waals surface area contributed by atoms with E-state index in [9.17, 15) is 4.79 Å². The minimum atomic E-state index is -0.0200. The summed E-state index contributed by atoms with van der Waals surface area (Å²) in [7, 11) is 0. The topological polar surface area (TPSA) is 50.2 Å². The van der Waals surface area contributed by atoms with Gasteiger partial charge in [-0.2, -0.15) is 0 Å². The molecule has 1 aliphatic heterocycles. The highest BCUT2D eigenvalue weighted by molar-refractivity contribution is 6.33. The van der Waals surface area contributed by atoms with Crippen LogP contribution in [0.25, 0.3) is 0 Å². The molecule has 1 aromatic carbocycles. The maximum absolute atomic E-state index is 12.2. The lowest BCUT2D eigenvalue weighted by atomic mass is 10.2. The van der Waals surface area contributed by atoms with E-state index in [0.29, 0.717) is 23.9 Å². The van der Waals surface area contributed by atoms with Crippen molar-refractivity contribution < 1.29 is 4.79 Å². The molecule has 3 rings (SSSR count). The van der Waals surface area contributed by atoms with Crippen molar-refractivity contribution in [1.82, 2.24) is 9.55 Å². The van der Waals surface area contributed by atoms with Gasteiger partial charge in [0.2, 0.25) is 5.91 Å². The van der Waals surface area contributed by atoms with Crippen molar-refractivity contribution in [2.45, 2.75) is 45.6 Å². The number of rotatable bonds is 6. The predicted molar refractivity (Wildman–Crippen MR) is 102 cm³/mol. The van der Waals surface area contributed by atoms with E-state index in [1.807, 2.05) is 29.0 Å². The average Bonchev–Trinajstić information content (AvgIpc) is 3.24. The summed E-state index contributed by atoms with van der Waals surface area (Å²) >= 11 is 6.40. The van der Waals surface area contributed by atoms with Gasteiger partial charge in [-0.1, -0.05) is 25.4 Å². The summed E-state index contributed by atoms with van der Waals surface area (Å²) in [5, 5.41) is 3.63. The van der Waals surface area contributed by atoms with Gasteiger partial charge in [0, 0.05) is 50.1 Å². The molecule has 2 aromatic rings. The number of aromatic nitrogens is 2. The lowest BCUT2D eigenvalue weighted by molar-refractivity contribution is -0.116. The Hall–Kier alpha value is -2.01. The van der Waals surface area contributed by atoms with E-state index in [4.69, 9.17) is 11.6 Å². The van der Waals surface area contributed by atoms with Gasteiger partial charge in [-0.3, -0.25) is 4.79 Å². The number of halogens is 1. The van der Waals surface area contributed by atoms with Crippen LogP contribution in [0.5, 0.6) is 0 Å². The number of hydrogen-bond acceptors (Lipinski definition) is 3. The quantitative estimate of drug-likeness (QED) is 0.836. The molecule has 1 aromatic heterocycles. The lowest BCUT2D eigenvalue weighted by Crippen LogP contribution is -2.18. The smallest absolute Gasteiger partial charge is 0.226 e. The third-order valence-corrected chi connectivity index (χ3v) is 4.82. The second-order valence-electron chi connectivity index (χ2n) is 6.79. The summed E-state index contributed by atoms with van der Waals surface area (Å²) < 4.78 is 2.04. The lowest BCUT2D eigenvalue weighted by Gasteiger charge is -2.19. The third-order valence-electron chi connectivity index (χ3n) is 4.52. The summed E-state index contributed by atoms with van der Waals surface area (Å²) in [5.74, 6) is 1.33. The molecule has 1 saturated heterocycles. The number of nitrogens with one attached hydrogen (secondary N) is 1. The van der Waals surface area contributed by atoms with Gasteiger partial charge in [0.1, 0.15) is 5.82 Å². The minimum absolute atomic E-state index is 0.0200. The molecule has 5 nitrogen and oxygen atoms in total. The van der Waals surface area contributed by atoms with E-state index < -0.39 is 0 Å². The normalized spacial score (nSPS) is 14.3. The Morgan fingerprint density at radius 1 is 1.32 bits per heavy atom. The van der Waals surface area contributed by atoms with E-state index in [1.54, 1.807) is 6.20 Å². The van der Waals surface area contributed by atoms with Crippen LogP contribution in [-0.2, 0) is 11.3 Å². The zero-order chi connectivity index (χ0) is 17.8. The standard InChI is InChI=1S/C19H25ClN4O/c1-14(2)19-21-8-12-24(19)11-7-18(25)22-15-5-6-17(16(20)13-15)23-9-3-4-10-23/h5-6,8,12-14H,3-4,7,9-11H2,1-2H3,(H,22,25). The predicted octanol–water partition coefficient (Wildman–Crippen LogP) is 4.29. The highest BCUT2D eigenvalue weighted by Gasteiger charge is 2.16. The molecule has 1 fully saturated rings. The SMILES string of the molecule is CC(C)c1nccn1CCC(=O)Nc1ccc(N2CCCC2)c(Cl)c1. The van der Waals surface area contributed by atoms with Gasteiger partial charge in [-0.15, -0.1) is 0 Å². The Morgan fingerprint density at radius 3 is 2.76 bits per heavy atom. The number of nitrogens with zero attached hydrogens (tertiary/aromatic N) is 3. The first-order valence-electron chi connectivity index (χ1n) is 8.90. The van der Waals surface area contributed by atoms with Crippen molar-refractivity contribution in [3.63, 3.8) is 0 Å². The Kier molecular flexibility index (Phi) is 5.63. The number of hydrogen-bond donors (Lipinski definition) is 1. The number of amides is 1. The summed E-state index contributed by atoms with van der Waals surface area (Å²) in [4.78, 5) is 18.9. The Balaban J connectivity index is 1.57. The van der Waals surface area contributed by atoms with E-state index in [2.05, 4.69) is 29.0 Å². The first-order chi connectivity index (χ1) is 12.0. The molecule has 0 radical (unpaired) electrons. The number of carbonyl (C=O) groups excluding carboxylic acids is 1. The van der Waals surface area contributed by atoms with Crippen LogP contribution in [0.4, 0.5) is 11.4 Å². The molecule has 1 amide bonds. The van der Waals surface area contributed by atoms with Crippen molar-refractivity contribution in [1.29, 1.82) is 0 Å². The van der Waals surface area contributed by atoms with Gasteiger partial charge in [0.05, 0.1) is 10.7 Å². The largest absolute Gasteiger partial charge is 0.370 e. The zero-order valence-electron chi connectivity index (χ0n) is 14.8. The first-order valence-corrected chi connectivity index (χ1v) is 9.28. The molecule has 6 heteroatoms. The van der Waals surface area contributed by atoms with E-state index in [-0.39, 0.29) is 5.91 Å². The highest BCUT2D eigenvalue weighted by Crippen LogP contribution is 2.31. The summed E-state index contributed by atoms with van der Waals surface area (Å²) in [6.07, 6.45) is 6.53. The maximum Gasteiger partial charge on any atom is 0.226 e. The number of anilines is 2. The molecule has 134 valence electrons. The molecule has 1 aliphatic rings. The van der Waals surface area contributed by atoms with E-state index >= 15 is 0 Å². The molecule has 0 unspecified atom stereocenters. The van der Waals surface area contributed by atoms with Crippen molar-refractivity contribution in [2.75, 3.05) is 23.3 Å². The second-order valence-corrected chi connectivity index (χ2v) is 7.20. The van der Waals surface area contributed by atoms with Crippen molar-refractivity contribution in [2.24, 2.45) is 0 Å². The van der Waals surface area contributed by atoms with Crippen LogP contribution in [0, 0.1) is 0 Å². The molecule has 2 heterocycles. The van der Waals surface area contributed by atoms with E-state index in [1.165, 1.54) is 12.8 Å². The van der Waals surface area contributed by atoms with Crippen LogP contribution < -0.4 is 10.2 Å². The number of benzene rings is 1. The molecule has 0 aliphatic carbocycles.